The third-order valence-electron chi connectivity index (χ3n) is 2.10. The summed E-state index contributed by atoms with van der Waals surface area (Å²) < 4.78 is 28.5. The molecule has 1 rings (SSSR count). The van der Waals surface area contributed by atoms with E-state index in [1.54, 1.807) is 0 Å². The third-order valence-corrected chi connectivity index (χ3v) is 2.10. The highest BCUT2D eigenvalue weighted by Crippen LogP contribution is 2.35. The van der Waals surface area contributed by atoms with Gasteiger partial charge in [0.15, 0.2) is 6.29 Å². The molecule has 0 amide bonds. The Bertz CT molecular complexity index is 531. The highest BCUT2D eigenvalue weighted by Gasteiger charge is 2.27. The minimum atomic E-state index is -3.38. The average molecular weight is 275 g/mol. The largest absolute Gasteiger partial charge is 0.481 e. The Kier molecular flexibility index (Phi) is 4.46. The van der Waals surface area contributed by atoms with Crippen LogP contribution in [-0.2, 0) is 11.2 Å². The summed E-state index contributed by atoms with van der Waals surface area (Å²) in [4.78, 5) is 30.9. The molecule has 7 nitrogen and oxygen atoms in total. The van der Waals surface area contributed by atoms with Gasteiger partial charge in [0.25, 0.3) is 0 Å². The average Bonchev–Trinajstić information content (AvgIpc) is 2.29. The van der Waals surface area contributed by atoms with E-state index in [0.717, 1.165) is 12.1 Å². The topological polar surface area (TPSA) is 107 Å². The molecular formula is C10H7F2NO6. The maximum atomic E-state index is 12.2. The number of rotatable bonds is 6. The predicted octanol–water partition coefficient (Wildman–Crippen LogP) is 1.64. The molecule has 0 aliphatic carbocycles. The van der Waals surface area contributed by atoms with Gasteiger partial charge in [-0.25, -0.2) is 0 Å². The molecule has 0 heterocycles. The van der Waals surface area contributed by atoms with E-state index < -0.39 is 40.9 Å². The first-order chi connectivity index (χ1) is 8.86. The van der Waals surface area contributed by atoms with Crippen molar-refractivity contribution in [2.24, 2.45) is 0 Å². The molecule has 0 atom stereocenters. The number of carbonyl (C=O) groups excluding carboxylic acids is 1. The highest BCUT2D eigenvalue weighted by atomic mass is 19.3. The zero-order valence-electron chi connectivity index (χ0n) is 9.21. The second-order valence-electron chi connectivity index (χ2n) is 3.32. The lowest BCUT2D eigenvalue weighted by molar-refractivity contribution is -0.386. The number of ether oxygens (including phenoxy) is 1. The van der Waals surface area contributed by atoms with E-state index in [4.69, 9.17) is 5.11 Å². The fourth-order valence-electron chi connectivity index (χ4n) is 1.43. The van der Waals surface area contributed by atoms with Crippen LogP contribution in [0.1, 0.15) is 15.9 Å². The number of nitrogens with zero attached hydrogens (tertiary/aromatic N) is 1. The van der Waals surface area contributed by atoms with Crippen LogP contribution in [-0.4, -0.2) is 28.9 Å². The maximum absolute atomic E-state index is 12.2. The predicted molar refractivity (Wildman–Crippen MR) is 56.5 cm³/mol. The molecule has 0 radical (unpaired) electrons. The van der Waals surface area contributed by atoms with Crippen molar-refractivity contribution in [3.63, 3.8) is 0 Å². The molecule has 102 valence electrons. The summed E-state index contributed by atoms with van der Waals surface area (Å²) >= 11 is 0. The van der Waals surface area contributed by atoms with Gasteiger partial charge in [0.2, 0.25) is 5.75 Å². The molecule has 0 saturated heterocycles. The summed E-state index contributed by atoms with van der Waals surface area (Å²) in [6.45, 7) is -3.38. The molecule has 0 unspecified atom stereocenters. The molecule has 0 aliphatic rings. The SMILES string of the molecule is O=Cc1ccc(CC(=O)O)c(OC(F)F)c1[N+](=O)[O-]. The number of aldehydes is 1. The number of halogens is 2. The first kappa shape index (κ1) is 14.5. The number of aliphatic carboxylic acids is 1. The zero-order chi connectivity index (χ0) is 14.6. The van der Waals surface area contributed by atoms with Gasteiger partial charge in [0.1, 0.15) is 0 Å². The number of carboxylic acids is 1. The van der Waals surface area contributed by atoms with Gasteiger partial charge in [-0.1, -0.05) is 6.07 Å². The van der Waals surface area contributed by atoms with Crippen molar-refractivity contribution in [3.8, 4) is 5.75 Å². The summed E-state index contributed by atoms with van der Waals surface area (Å²) in [5.41, 5.74) is -1.77. The third kappa shape index (κ3) is 3.44. The second kappa shape index (κ2) is 5.85. The first-order valence-corrected chi connectivity index (χ1v) is 4.78. The number of carboxylic acid groups (broad SMARTS) is 1. The lowest BCUT2D eigenvalue weighted by Crippen LogP contribution is -2.11. The van der Waals surface area contributed by atoms with Crippen molar-refractivity contribution in [3.05, 3.63) is 33.4 Å². The van der Waals surface area contributed by atoms with E-state index in [-0.39, 0.29) is 11.8 Å². The van der Waals surface area contributed by atoms with Crippen LogP contribution in [0.2, 0.25) is 0 Å². The zero-order valence-corrected chi connectivity index (χ0v) is 9.21. The molecule has 1 N–H and O–H groups in total. The van der Waals surface area contributed by atoms with Crippen molar-refractivity contribution in [1.29, 1.82) is 0 Å². The molecular weight excluding hydrogens is 268 g/mol. The molecule has 1 aromatic carbocycles. The smallest absolute Gasteiger partial charge is 0.387 e. The molecule has 0 bridgehead atoms. The van der Waals surface area contributed by atoms with Crippen LogP contribution in [0.3, 0.4) is 0 Å². The maximum Gasteiger partial charge on any atom is 0.387 e. The molecule has 0 aliphatic heterocycles. The summed E-state index contributed by atoms with van der Waals surface area (Å²) in [7, 11) is 0. The number of hydrogen-bond donors (Lipinski definition) is 1. The van der Waals surface area contributed by atoms with Crippen molar-refractivity contribution < 1.29 is 33.1 Å². The molecule has 1 aromatic rings. The van der Waals surface area contributed by atoms with Crippen molar-refractivity contribution in [1.82, 2.24) is 0 Å². The fraction of sp³-hybridized carbons (Fsp3) is 0.200. The van der Waals surface area contributed by atoms with Crippen LogP contribution in [0.4, 0.5) is 14.5 Å². The highest BCUT2D eigenvalue weighted by molar-refractivity contribution is 5.85. The summed E-state index contributed by atoms with van der Waals surface area (Å²) in [6, 6.07) is 1.99. The number of hydrogen-bond acceptors (Lipinski definition) is 5. The van der Waals surface area contributed by atoms with Gasteiger partial charge in [0.05, 0.1) is 16.9 Å². The van der Waals surface area contributed by atoms with Gasteiger partial charge in [0, 0.05) is 5.56 Å². The molecule has 0 spiro atoms. The summed E-state index contributed by atoms with van der Waals surface area (Å²) in [5.74, 6) is -2.29. The van der Waals surface area contributed by atoms with Crippen LogP contribution in [0, 0.1) is 10.1 Å². The Balaban J connectivity index is 3.48. The van der Waals surface area contributed by atoms with E-state index in [0.29, 0.717) is 0 Å². The van der Waals surface area contributed by atoms with E-state index in [9.17, 15) is 28.5 Å². The van der Waals surface area contributed by atoms with Crippen LogP contribution in [0.15, 0.2) is 12.1 Å². The lowest BCUT2D eigenvalue weighted by atomic mass is 10.1. The Hall–Kier alpha value is -2.58. The number of carbonyl (C=O) groups is 2. The van der Waals surface area contributed by atoms with Crippen LogP contribution in [0.25, 0.3) is 0 Å². The molecule has 0 fully saturated rings. The van der Waals surface area contributed by atoms with Crippen molar-refractivity contribution in [2.75, 3.05) is 0 Å². The lowest BCUT2D eigenvalue weighted by Gasteiger charge is -2.10. The van der Waals surface area contributed by atoms with Crippen molar-refractivity contribution >= 4 is 17.9 Å². The summed E-state index contributed by atoms with van der Waals surface area (Å²) in [5, 5.41) is 19.4. The normalized spacial score (nSPS) is 10.3. The van der Waals surface area contributed by atoms with Gasteiger partial charge in [-0.15, -0.1) is 0 Å². The minimum Gasteiger partial charge on any atom is -0.481 e. The number of nitro benzene ring substituents is 1. The van der Waals surface area contributed by atoms with Crippen molar-refractivity contribution in [2.45, 2.75) is 13.0 Å². The number of nitro groups is 1. The van der Waals surface area contributed by atoms with E-state index in [2.05, 4.69) is 4.74 Å². The van der Waals surface area contributed by atoms with Gasteiger partial charge >= 0.3 is 18.3 Å². The Labute approximate surface area is 104 Å². The quantitative estimate of drug-likeness (QED) is 0.480. The van der Waals surface area contributed by atoms with Gasteiger partial charge in [-0.3, -0.25) is 19.7 Å². The molecule has 0 saturated carbocycles. The standard InChI is InChI=1S/C10H7F2NO6/c11-10(12)19-9-5(3-7(15)16)1-2-6(4-14)8(9)13(17)18/h1-2,4,10H,3H2,(H,15,16). The minimum absolute atomic E-state index is 0.0982. The van der Waals surface area contributed by atoms with Gasteiger partial charge in [-0.2, -0.15) is 8.78 Å². The first-order valence-electron chi connectivity index (χ1n) is 4.78. The van der Waals surface area contributed by atoms with Crippen LogP contribution >= 0.6 is 0 Å². The molecule has 9 heteroatoms. The number of alkyl halides is 2. The number of benzene rings is 1. The van der Waals surface area contributed by atoms with E-state index in [1.165, 1.54) is 0 Å². The Morgan fingerprint density at radius 1 is 1.53 bits per heavy atom. The van der Waals surface area contributed by atoms with E-state index >= 15 is 0 Å². The summed E-state index contributed by atoms with van der Waals surface area (Å²) in [6.07, 6.45) is -0.650. The fourth-order valence-corrected chi connectivity index (χ4v) is 1.43. The second-order valence-corrected chi connectivity index (χ2v) is 3.32. The van der Waals surface area contributed by atoms with Gasteiger partial charge in [-0.05, 0) is 6.07 Å². The van der Waals surface area contributed by atoms with Crippen LogP contribution < -0.4 is 4.74 Å². The van der Waals surface area contributed by atoms with E-state index in [1.807, 2.05) is 0 Å². The van der Waals surface area contributed by atoms with Gasteiger partial charge < -0.3 is 9.84 Å². The molecule has 19 heavy (non-hydrogen) atoms. The Morgan fingerprint density at radius 2 is 2.16 bits per heavy atom. The van der Waals surface area contributed by atoms with Crippen LogP contribution in [0.5, 0.6) is 5.75 Å². The molecule has 0 aromatic heterocycles. The monoisotopic (exact) mass is 275 g/mol. The Morgan fingerprint density at radius 3 is 2.58 bits per heavy atom.